The second kappa shape index (κ2) is 13.2. The number of carbonyl (C=O) groups excluding carboxylic acids is 2. The number of amides is 2. The minimum atomic E-state index is -0.326. The van der Waals surface area contributed by atoms with E-state index in [0.29, 0.717) is 35.4 Å². The molecular weight excluding hydrogens is 526 g/mol. The zero-order chi connectivity index (χ0) is 27.9. The normalized spacial score (nSPS) is 18.1. The predicted molar refractivity (Wildman–Crippen MR) is 156 cm³/mol. The SMILES string of the molecule is CCCNC(=O)c1cc(CN2CC[C@@H](C)C2)ccc1NC(=O)c1csc(N2CCC(Oc3ncccn3)CC2)n1. The highest BCUT2D eigenvalue weighted by Gasteiger charge is 2.25. The molecule has 0 spiro atoms. The van der Waals surface area contributed by atoms with E-state index in [1.165, 1.54) is 17.8 Å². The number of likely N-dealkylation sites (tertiary alicyclic amines) is 1. The van der Waals surface area contributed by atoms with Gasteiger partial charge < -0.3 is 20.3 Å². The van der Waals surface area contributed by atoms with Gasteiger partial charge in [0.05, 0.1) is 11.3 Å². The van der Waals surface area contributed by atoms with Gasteiger partial charge in [-0.05, 0) is 49.1 Å². The summed E-state index contributed by atoms with van der Waals surface area (Å²) in [4.78, 5) is 43.7. The number of piperidine rings is 1. The lowest BCUT2D eigenvalue weighted by atomic mass is 10.1. The molecule has 2 aromatic heterocycles. The van der Waals surface area contributed by atoms with Crippen LogP contribution >= 0.6 is 11.3 Å². The van der Waals surface area contributed by atoms with Crippen molar-refractivity contribution in [3.05, 3.63) is 58.9 Å². The van der Waals surface area contributed by atoms with E-state index in [2.05, 4.69) is 42.3 Å². The van der Waals surface area contributed by atoms with Gasteiger partial charge >= 0.3 is 6.01 Å². The van der Waals surface area contributed by atoms with Gasteiger partial charge in [-0.3, -0.25) is 14.5 Å². The van der Waals surface area contributed by atoms with E-state index in [0.717, 1.165) is 62.7 Å². The van der Waals surface area contributed by atoms with Crippen LogP contribution in [0.15, 0.2) is 42.0 Å². The van der Waals surface area contributed by atoms with Crippen molar-refractivity contribution in [3.8, 4) is 6.01 Å². The van der Waals surface area contributed by atoms with E-state index in [1.54, 1.807) is 23.8 Å². The third kappa shape index (κ3) is 7.14. The Bertz CT molecular complexity index is 1290. The maximum atomic E-state index is 13.2. The molecule has 0 unspecified atom stereocenters. The largest absolute Gasteiger partial charge is 0.460 e. The van der Waals surface area contributed by atoms with Gasteiger partial charge in [-0.25, -0.2) is 15.0 Å². The van der Waals surface area contributed by atoms with Gasteiger partial charge in [-0.2, -0.15) is 0 Å². The molecular formula is C29H37N7O3S. The Morgan fingerprint density at radius 3 is 2.62 bits per heavy atom. The zero-order valence-electron chi connectivity index (χ0n) is 23.1. The molecule has 0 radical (unpaired) electrons. The maximum Gasteiger partial charge on any atom is 0.316 e. The van der Waals surface area contributed by atoms with Crippen molar-refractivity contribution in [2.75, 3.05) is 42.9 Å². The molecule has 2 aliphatic heterocycles. The van der Waals surface area contributed by atoms with Crippen molar-refractivity contribution in [2.45, 2.75) is 52.2 Å². The Morgan fingerprint density at radius 1 is 1.10 bits per heavy atom. The van der Waals surface area contributed by atoms with E-state index in [9.17, 15) is 9.59 Å². The van der Waals surface area contributed by atoms with Crippen molar-refractivity contribution in [1.82, 2.24) is 25.2 Å². The Kier molecular flexibility index (Phi) is 9.22. The van der Waals surface area contributed by atoms with E-state index < -0.39 is 0 Å². The number of carbonyl (C=O) groups is 2. The number of rotatable bonds is 10. The average molecular weight is 564 g/mol. The van der Waals surface area contributed by atoms with E-state index in [4.69, 9.17) is 4.74 Å². The number of ether oxygens (including phenoxy) is 1. The summed E-state index contributed by atoms with van der Waals surface area (Å²) in [5, 5.41) is 8.46. The molecule has 11 heteroatoms. The lowest BCUT2D eigenvalue weighted by Gasteiger charge is -2.31. The molecule has 0 bridgehead atoms. The molecule has 40 heavy (non-hydrogen) atoms. The van der Waals surface area contributed by atoms with Crippen LogP contribution in [0.3, 0.4) is 0 Å². The molecule has 0 aliphatic carbocycles. The molecule has 4 heterocycles. The summed E-state index contributed by atoms with van der Waals surface area (Å²) in [6.45, 7) is 9.32. The predicted octanol–water partition coefficient (Wildman–Crippen LogP) is 4.21. The number of benzene rings is 1. The van der Waals surface area contributed by atoms with E-state index in [-0.39, 0.29) is 17.9 Å². The summed E-state index contributed by atoms with van der Waals surface area (Å²) >= 11 is 1.45. The quantitative estimate of drug-likeness (QED) is 0.377. The van der Waals surface area contributed by atoms with Crippen molar-refractivity contribution < 1.29 is 14.3 Å². The third-order valence-corrected chi connectivity index (χ3v) is 8.18. The Hall–Kier alpha value is -3.57. The van der Waals surface area contributed by atoms with Gasteiger partial charge in [0.2, 0.25) is 0 Å². The maximum absolute atomic E-state index is 13.2. The minimum Gasteiger partial charge on any atom is -0.460 e. The van der Waals surface area contributed by atoms with Crippen LogP contribution in [0.2, 0.25) is 0 Å². The van der Waals surface area contributed by atoms with Crippen LogP contribution in [0.1, 0.15) is 65.9 Å². The highest BCUT2D eigenvalue weighted by Crippen LogP contribution is 2.27. The first-order chi connectivity index (χ1) is 19.5. The standard InChI is InChI=1S/C29H37N7O3S/c1-3-10-30-26(37)23-16-21(18-35-13-7-20(2)17-35)5-6-24(23)33-27(38)25-19-40-29(34-25)36-14-8-22(9-15-36)39-28-31-11-4-12-32-28/h4-6,11-12,16,19-20,22H,3,7-10,13-15,17-18H2,1-2H3,(H,30,37)(H,33,38)/t20-/m1/s1. The minimum absolute atomic E-state index is 0.0514. The number of hydrogen-bond acceptors (Lipinski definition) is 9. The lowest BCUT2D eigenvalue weighted by Crippen LogP contribution is -2.38. The fourth-order valence-corrected chi connectivity index (χ4v) is 5.97. The monoisotopic (exact) mass is 563 g/mol. The van der Waals surface area contributed by atoms with Crippen LogP contribution in [-0.4, -0.2) is 70.5 Å². The highest BCUT2D eigenvalue weighted by atomic mass is 32.1. The van der Waals surface area contributed by atoms with Gasteiger partial charge in [-0.1, -0.05) is 19.9 Å². The molecule has 5 rings (SSSR count). The molecule has 2 aliphatic rings. The molecule has 212 valence electrons. The average Bonchev–Trinajstić information content (AvgIpc) is 3.63. The third-order valence-electron chi connectivity index (χ3n) is 7.28. The number of anilines is 2. The molecule has 0 saturated carbocycles. The highest BCUT2D eigenvalue weighted by molar-refractivity contribution is 7.14. The second-order valence-corrected chi connectivity index (χ2v) is 11.4. The van der Waals surface area contributed by atoms with Crippen LogP contribution in [0.5, 0.6) is 6.01 Å². The molecule has 3 aromatic rings. The number of nitrogens with one attached hydrogen (secondary N) is 2. The number of thiazole rings is 1. The van der Waals surface area contributed by atoms with Crippen molar-refractivity contribution in [2.24, 2.45) is 5.92 Å². The van der Waals surface area contributed by atoms with Gasteiger partial charge in [0.15, 0.2) is 5.13 Å². The lowest BCUT2D eigenvalue weighted by molar-refractivity contribution is 0.0954. The summed E-state index contributed by atoms with van der Waals surface area (Å²) in [6.07, 6.45) is 7.06. The summed E-state index contributed by atoms with van der Waals surface area (Å²) in [5.41, 5.74) is 2.38. The number of nitrogens with zero attached hydrogens (tertiary/aromatic N) is 5. The van der Waals surface area contributed by atoms with Gasteiger partial charge in [-0.15, -0.1) is 11.3 Å². The summed E-state index contributed by atoms with van der Waals surface area (Å²) in [6, 6.07) is 7.90. The molecule has 2 amide bonds. The van der Waals surface area contributed by atoms with E-state index in [1.807, 2.05) is 25.1 Å². The molecule has 2 fully saturated rings. The topological polar surface area (TPSA) is 113 Å². The van der Waals surface area contributed by atoms with Gasteiger partial charge in [0.1, 0.15) is 11.8 Å². The first kappa shape index (κ1) is 28.0. The fraction of sp³-hybridized carbons (Fsp3) is 0.483. The Labute approximate surface area is 239 Å². The fourth-order valence-electron chi connectivity index (χ4n) is 5.11. The number of aromatic nitrogens is 3. The van der Waals surface area contributed by atoms with Crippen molar-refractivity contribution in [3.63, 3.8) is 0 Å². The summed E-state index contributed by atoms with van der Waals surface area (Å²) < 4.78 is 5.89. The first-order valence-corrected chi connectivity index (χ1v) is 15.0. The molecule has 10 nitrogen and oxygen atoms in total. The van der Waals surface area contributed by atoms with Crippen LogP contribution in [0.25, 0.3) is 0 Å². The van der Waals surface area contributed by atoms with Gasteiger partial charge in [0.25, 0.3) is 11.8 Å². The van der Waals surface area contributed by atoms with Crippen LogP contribution in [0.4, 0.5) is 10.8 Å². The zero-order valence-corrected chi connectivity index (χ0v) is 24.0. The van der Waals surface area contributed by atoms with Crippen molar-refractivity contribution >= 4 is 34.0 Å². The summed E-state index contributed by atoms with van der Waals surface area (Å²) in [7, 11) is 0. The molecule has 1 atom stereocenters. The van der Waals surface area contributed by atoms with Gasteiger partial charge in [0, 0.05) is 63.3 Å². The summed E-state index contributed by atoms with van der Waals surface area (Å²) in [5.74, 6) is 0.184. The smallest absolute Gasteiger partial charge is 0.316 e. The van der Waals surface area contributed by atoms with Crippen LogP contribution < -0.4 is 20.3 Å². The second-order valence-electron chi connectivity index (χ2n) is 10.6. The number of hydrogen-bond donors (Lipinski definition) is 2. The van der Waals surface area contributed by atoms with Crippen LogP contribution in [0, 0.1) is 5.92 Å². The van der Waals surface area contributed by atoms with Crippen molar-refractivity contribution in [1.29, 1.82) is 0 Å². The molecule has 2 saturated heterocycles. The Morgan fingerprint density at radius 2 is 1.90 bits per heavy atom. The molecule has 2 N–H and O–H groups in total. The van der Waals surface area contributed by atoms with E-state index >= 15 is 0 Å². The molecule has 1 aromatic carbocycles. The Balaban J connectivity index is 1.22. The van der Waals surface area contributed by atoms with Crippen LogP contribution in [-0.2, 0) is 6.54 Å². The first-order valence-electron chi connectivity index (χ1n) is 14.1.